The van der Waals surface area contributed by atoms with Crippen molar-refractivity contribution in [2.24, 2.45) is 0 Å². The van der Waals surface area contributed by atoms with E-state index in [0.29, 0.717) is 6.61 Å². The number of carbonyl (C=O) groups excluding carboxylic acids is 1. The summed E-state index contributed by atoms with van der Waals surface area (Å²) < 4.78 is 11.6. The summed E-state index contributed by atoms with van der Waals surface area (Å²) in [5.41, 5.74) is 1.61. The highest BCUT2D eigenvalue weighted by atomic mass is 16.5. The maximum Gasteiger partial charge on any atom is 0.243 e. The topological polar surface area (TPSA) is 59.6 Å². The molecule has 0 aliphatic rings. The molecule has 0 radical (unpaired) electrons. The third-order valence-corrected chi connectivity index (χ3v) is 5.19. The average Bonchev–Trinajstić information content (AvgIpc) is 2.80. The molecule has 0 spiro atoms. The van der Waals surface area contributed by atoms with E-state index in [1.54, 1.807) is 0 Å². The van der Waals surface area contributed by atoms with Crippen LogP contribution < -0.4 is 20.1 Å². The summed E-state index contributed by atoms with van der Waals surface area (Å²) >= 11 is 0. The summed E-state index contributed by atoms with van der Waals surface area (Å²) in [6.45, 7) is 6.03. The van der Waals surface area contributed by atoms with Gasteiger partial charge in [-0.2, -0.15) is 0 Å². The Bertz CT molecular complexity index is 779. The molecule has 0 fully saturated rings. The fourth-order valence-electron chi connectivity index (χ4n) is 3.36. The van der Waals surface area contributed by atoms with Gasteiger partial charge in [-0.1, -0.05) is 70.9 Å². The van der Waals surface area contributed by atoms with Crippen LogP contribution in [0.3, 0.4) is 0 Å². The Hall–Kier alpha value is -2.69. The number of amides is 1. The summed E-state index contributed by atoms with van der Waals surface area (Å²) in [6.07, 6.45) is 10.8. The third kappa shape index (κ3) is 11.1. The molecule has 2 N–H and O–H groups in total. The second kappa shape index (κ2) is 16.0. The number of hydrogen-bond donors (Lipinski definition) is 2. The summed E-state index contributed by atoms with van der Waals surface area (Å²) in [6, 6.07) is 15.3. The number of unbranched alkanes of at least 4 members (excludes halogenated alkanes) is 7. The normalized spacial score (nSPS) is 10.6. The van der Waals surface area contributed by atoms with Crippen LogP contribution in [-0.2, 0) is 4.79 Å². The van der Waals surface area contributed by atoms with Crippen LogP contribution in [0.4, 0.5) is 11.4 Å². The second-order valence-electron chi connectivity index (χ2n) is 8.13. The Balaban J connectivity index is 1.71. The molecule has 2 rings (SSSR count). The van der Waals surface area contributed by atoms with Gasteiger partial charge in [0.15, 0.2) is 0 Å². The number of benzene rings is 2. The number of carbonyl (C=O) groups is 1. The van der Waals surface area contributed by atoms with E-state index in [0.717, 1.165) is 42.3 Å². The van der Waals surface area contributed by atoms with Crippen molar-refractivity contribution in [3.63, 3.8) is 0 Å². The lowest BCUT2D eigenvalue weighted by atomic mass is 10.2. The monoisotopic (exact) mass is 440 g/mol. The molecule has 1 amide bonds. The molecule has 0 aliphatic heterocycles. The van der Waals surface area contributed by atoms with Crippen LogP contribution in [0.5, 0.6) is 11.5 Å². The van der Waals surface area contributed by atoms with Gasteiger partial charge in [0, 0.05) is 23.5 Å². The molecule has 32 heavy (non-hydrogen) atoms. The summed E-state index contributed by atoms with van der Waals surface area (Å²) in [4.78, 5) is 12.4. The van der Waals surface area contributed by atoms with Crippen molar-refractivity contribution in [2.75, 3.05) is 30.4 Å². The molecule has 176 valence electrons. The number of hydrogen-bond acceptors (Lipinski definition) is 4. The van der Waals surface area contributed by atoms with Crippen LogP contribution in [0.2, 0.25) is 0 Å². The number of ether oxygens (including phenoxy) is 2. The molecule has 0 unspecified atom stereocenters. The maximum absolute atomic E-state index is 12.4. The quantitative estimate of drug-likeness (QED) is 0.259. The predicted molar refractivity (Wildman–Crippen MR) is 134 cm³/mol. The van der Waals surface area contributed by atoms with E-state index in [-0.39, 0.29) is 12.5 Å². The first kappa shape index (κ1) is 25.6. The molecular weight excluding hydrogens is 400 g/mol. The highest BCUT2D eigenvalue weighted by Gasteiger charge is 2.05. The van der Waals surface area contributed by atoms with Crippen molar-refractivity contribution in [1.29, 1.82) is 0 Å². The van der Waals surface area contributed by atoms with Gasteiger partial charge in [-0.25, -0.2) is 0 Å². The highest BCUT2D eigenvalue weighted by molar-refractivity contribution is 5.93. The SMILES string of the molecule is CCCCCCCOc1cccc(NCC(=O)Nc2cccc(OCCCCCC)c2)c1. The maximum atomic E-state index is 12.4. The van der Waals surface area contributed by atoms with E-state index in [2.05, 4.69) is 24.5 Å². The fourth-order valence-corrected chi connectivity index (χ4v) is 3.36. The Labute approximate surface area is 193 Å². The average molecular weight is 441 g/mol. The lowest BCUT2D eigenvalue weighted by molar-refractivity contribution is -0.114. The largest absolute Gasteiger partial charge is 0.494 e. The van der Waals surface area contributed by atoms with Crippen LogP contribution in [0.25, 0.3) is 0 Å². The van der Waals surface area contributed by atoms with Crippen LogP contribution in [0.1, 0.15) is 71.6 Å². The number of anilines is 2. The van der Waals surface area contributed by atoms with Gasteiger partial charge in [-0.15, -0.1) is 0 Å². The van der Waals surface area contributed by atoms with Crippen LogP contribution in [0, 0.1) is 0 Å². The van der Waals surface area contributed by atoms with Gasteiger partial charge < -0.3 is 20.1 Å². The molecule has 0 saturated carbocycles. The van der Waals surface area contributed by atoms with Crippen molar-refractivity contribution in [1.82, 2.24) is 0 Å². The van der Waals surface area contributed by atoms with Crippen molar-refractivity contribution in [3.8, 4) is 11.5 Å². The molecule has 0 heterocycles. The van der Waals surface area contributed by atoms with E-state index in [9.17, 15) is 4.79 Å². The minimum absolute atomic E-state index is 0.104. The van der Waals surface area contributed by atoms with Crippen molar-refractivity contribution >= 4 is 17.3 Å². The predicted octanol–water partition coefficient (Wildman–Crippen LogP) is 7.05. The van der Waals surface area contributed by atoms with Crippen LogP contribution in [-0.4, -0.2) is 25.7 Å². The number of rotatable bonds is 17. The van der Waals surface area contributed by atoms with Crippen molar-refractivity contribution in [2.45, 2.75) is 71.6 Å². The summed E-state index contributed by atoms with van der Waals surface area (Å²) in [7, 11) is 0. The summed E-state index contributed by atoms with van der Waals surface area (Å²) in [5, 5.41) is 6.09. The zero-order valence-electron chi connectivity index (χ0n) is 19.8. The molecule has 0 aromatic heterocycles. The lowest BCUT2D eigenvalue weighted by Crippen LogP contribution is -2.21. The minimum atomic E-state index is -0.104. The van der Waals surface area contributed by atoms with E-state index >= 15 is 0 Å². The molecule has 0 bridgehead atoms. The molecule has 0 saturated heterocycles. The minimum Gasteiger partial charge on any atom is -0.494 e. The van der Waals surface area contributed by atoms with Crippen molar-refractivity contribution < 1.29 is 14.3 Å². The second-order valence-corrected chi connectivity index (χ2v) is 8.13. The molecule has 5 nitrogen and oxygen atoms in total. The lowest BCUT2D eigenvalue weighted by Gasteiger charge is -2.11. The van der Waals surface area contributed by atoms with Gasteiger partial charge in [-0.05, 0) is 37.1 Å². The Morgan fingerprint density at radius 2 is 1.25 bits per heavy atom. The Morgan fingerprint density at radius 3 is 1.88 bits per heavy atom. The third-order valence-electron chi connectivity index (χ3n) is 5.19. The highest BCUT2D eigenvalue weighted by Crippen LogP contribution is 2.19. The van der Waals surface area contributed by atoms with E-state index in [1.807, 2.05) is 48.5 Å². The zero-order chi connectivity index (χ0) is 22.9. The first-order valence-corrected chi connectivity index (χ1v) is 12.2. The molecular formula is C27H40N2O3. The molecule has 2 aromatic rings. The molecule has 0 atom stereocenters. The van der Waals surface area contributed by atoms with E-state index < -0.39 is 0 Å². The van der Waals surface area contributed by atoms with Gasteiger partial charge in [0.1, 0.15) is 11.5 Å². The zero-order valence-corrected chi connectivity index (χ0v) is 19.8. The molecule has 0 aliphatic carbocycles. The molecule has 2 aromatic carbocycles. The first-order valence-electron chi connectivity index (χ1n) is 12.2. The standard InChI is InChI=1S/C27H40N2O3/c1-3-5-7-9-11-19-31-25-16-12-14-23(20-25)28-22-27(30)29-24-15-13-17-26(21-24)32-18-10-8-6-4-2/h12-17,20-21,28H,3-11,18-19,22H2,1-2H3,(H,29,30). The van der Waals surface area contributed by atoms with Gasteiger partial charge in [0.05, 0.1) is 19.8 Å². The van der Waals surface area contributed by atoms with Crippen LogP contribution in [0.15, 0.2) is 48.5 Å². The summed E-state index contributed by atoms with van der Waals surface area (Å²) in [5.74, 6) is 1.51. The number of nitrogens with one attached hydrogen (secondary N) is 2. The van der Waals surface area contributed by atoms with Crippen molar-refractivity contribution in [3.05, 3.63) is 48.5 Å². The van der Waals surface area contributed by atoms with E-state index in [4.69, 9.17) is 9.47 Å². The Kier molecular flexibility index (Phi) is 12.8. The first-order chi connectivity index (χ1) is 15.7. The van der Waals surface area contributed by atoms with Crippen LogP contribution >= 0.6 is 0 Å². The van der Waals surface area contributed by atoms with Gasteiger partial charge in [-0.3, -0.25) is 4.79 Å². The molecule has 5 heteroatoms. The van der Waals surface area contributed by atoms with Gasteiger partial charge >= 0.3 is 0 Å². The Morgan fingerprint density at radius 1 is 0.719 bits per heavy atom. The van der Waals surface area contributed by atoms with Gasteiger partial charge in [0.25, 0.3) is 0 Å². The smallest absolute Gasteiger partial charge is 0.243 e. The van der Waals surface area contributed by atoms with E-state index in [1.165, 1.54) is 44.9 Å². The van der Waals surface area contributed by atoms with Gasteiger partial charge in [0.2, 0.25) is 5.91 Å². The fraction of sp³-hybridized carbons (Fsp3) is 0.519.